The van der Waals surface area contributed by atoms with Crippen molar-refractivity contribution in [3.63, 3.8) is 0 Å². The number of aromatic nitrogens is 1. The smallest absolute Gasteiger partial charge is 0.304 e. The molecular weight excluding hydrogens is 228 g/mol. The number of hydrogen-bond donors (Lipinski definition) is 0. The van der Waals surface area contributed by atoms with E-state index in [1.807, 2.05) is 6.92 Å². The van der Waals surface area contributed by atoms with Gasteiger partial charge in [-0.2, -0.15) is 4.98 Å². The molecule has 0 unspecified atom stereocenters. The molecule has 1 saturated carbocycles. The van der Waals surface area contributed by atoms with Crippen LogP contribution in [0.25, 0.3) is 0 Å². The van der Waals surface area contributed by atoms with Crippen molar-refractivity contribution in [1.29, 1.82) is 0 Å². The topological polar surface area (TPSA) is 46.3 Å². The van der Waals surface area contributed by atoms with Crippen LogP contribution >= 0.6 is 0 Å². The van der Waals surface area contributed by atoms with E-state index in [1.165, 1.54) is 12.8 Å². The van der Waals surface area contributed by atoms with E-state index < -0.39 is 0 Å². The van der Waals surface area contributed by atoms with E-state index in [0.29, 0.717) is 12.4 Å². The monoisotopic (exact) mass is 250 g/mol. The van der Waals surface area contributed by atoms with Gasteiger partial charge in [-0.1, -0.05) is 26.2 Å². The third-order valence-corrected chi connectivity index (χ3v) is 3.52. The Hall–Kier alpha value is -1.32. The predicted octanol–water partition coefficient (Wildman–Crippen LogP) is 3.45. The zero-order chi connectivity index (χ0) is 13.0. The Kier molecular flexibility index (Phi) is 4.39. The fraction of sp³-hybridized carbons (Fsp3) is 0.714. The number of anilines is 1. The minimum atomic E-state index is 0.158. The van der Waals surface area contributed by atoms with Crippen LogP contribution in [0.15, 0.2) is 10.7 Å². The summed E-state index contributed by atoms with van der Waals surface area (Å²) in [6.07, 6.45) is 8.71. The van der Waals surface area contributed by atoms with Crippen molar-refractivity contribution in [1.82, 2.24) is 4.98 Å². The van der Waals surface area contributed by atoms with Crippen LogP contribution in [-0.2, 0) is 4.79 Å². The molecule has 4 nitrogen and oxygen atoms in total. The molecule has 0 aromatic carbocycles. The summed E-state index contributed by atoms with van der Waals surface area (Å²) in [6, 6.07) is 0.771. The number of oxazole rings is 1. The first-order valence-corrected chi connectivity index (χ1v) is 6.96. The van der Waals surface area contributed by atoms with Gasteiger partial charge in [0.05, 0.1) is 5.69 Å². The standard InChI is InChI=1S/C14H22N2O2/c1-3-4-9-13(17)16(12-7-5-6-8-12)14-15-11(2)10-18-14/h10,12H,3-9H2,1-2H3. The normalized spacial score (nSPS) is 16.1. The third-order valence-electron chi connectivity index (χ3n) is 3.52. The molecule has 0 aliphatic heterocycles. The molecule has 100 valence electrons. The molecule has 1 heterocycles. The fourth-order valence-corrected chi connectivity index (χ4v) is 2.53. The second-order valence-corrected chi connectivity index (χ2v) is 5.08. The number of aryl methyl sites for hydroxylation is 1. The summed E-state index contributed by atoms with van der Waals surface area (Å²) in [5.74, 6) is 0.158. The lowest BCUT2D eigenvalue weighted by molar-refractivity contribution is -0.119. The first-order chi connectivity index (χ1) is 8.72. The maximum Gasteiger partial charge on any atom is 0.304 e. The SMILES string of the molecule is CCCCC(=O)N(c1nc(C)co1)C1CCCC1. The van der Waals surface area contributed by atoms with Crippen LogP contribution in [0.1, 0.15) is 57.6 Å². The van der Waals surface area contributed by atoms with Gasteiger partial charge in [0.1, 0.15) is 6.26 Å². The van der Waals surface area contributed by atoms with Gasteiger partial charge >= 0.3 is 6.01 Å². The molecule has 1 aromatic heterocycles. The van der Waals surface area contributed by atoms with Crippen molar-refractivity contribution in [3.8, 4) is 0 Å². The molecule has 1 aliphatic rings. The minimum Gasteiger partial charge on any atom is -0.431 e. The second-order valence-electron chi connectivity index (χ2n) is 5.08. The van der Waals surface area contributed by atoms with E-state index >= 15 is 0 Å². The van der Waals surface area contributed by atoms with Gasteiger partial charge in [-0.15, -0.1) is 0 Å². The van der Waals surface area contributed by atoms with Crippen LogP contribution in [-0.4, -0.2) is 16.9 Å². The molecule has 1 amide bonds. The van der Waals surface area contributed by atoms with Gasteiger partial charge in [-0.3, -0.25) is 9.69 Å². The summed E-state index contributed by atoms with van der Waals surface area (Å²) in [4.78, 5) is 18.4. The van der Waals surface area contributed by atoms with Gasteiger partial charge in [0.25, 0.3) is 0 Å². The van der Waals surface area contributed by atoms with E-state index in [9.17, 15) is 4.79 Å². The average Bonchev–Trinajstić information content (AvgIpc) is 2.99. The van der Waals surface area contributed by atoms with E-state index in [1.54, 1.807) is 11.2 Å². The highest BCUT2D eigenvalue weighted by atomic mass is 16.4. The molecular formula is C14H22N2O2. The van der Waals surface area contributed by atoms with E-state index in [-0.39, 0.29) is 11.9 Å². The lowest BCUT2D eigenvalue weighted by Gasteiger charge is -2.25. The summed E-state index contributed by atoms with van der Waals surface area (Å²) >= 11 is 0. The summed E-state index contributed by atoms with van der Waals surface area (Å²) in [7, 11) is 0. The molecule has 0 N–H and O–H groups in total. The fourth-order valence-electron chi connectivity index (χ4n) is 2.53. The van der Waals surface area contributed by atoms with Gasteiger partial charge in [-0.25, -0.2) is 0 Å². The Labute approximate surface area is 108 Å². The number of nitrogens with zero attached hydrogens (tertiary/aromatic N) is 2. The highest BCUT2D eigenvalue weighted by molar-refractivity contribution is 5.91. The molecule has 18 heavy (non-hydrogen) atoms. The van der Waals surface area contributed by atoms with Crippen LogP contribution in [0.4, 0.5) is 6.01 Å². The number of amides is 1. The summed E-state index contributed by atoms with van der Waals surface area (Å²) in [5, 5.41) is 0. The first kappa shape index (κ1) is 13.1. The molecule has 1 aliphatic carbocycles. The largest absolute Gasteiger partial charge is 0.431 e. The molecule has 0 atom stereocenters. The van der Waals surface area contributed by atoms with Gasteiger partial charge in [0, 0.05) is 12.5 Å². The number of unbranched alkanes of at least 4 members (excludes halogenated alkanes) is 1. The van der Waals surface area contributed by atoms with Gasteiger partial charge < -0.3 is 4.42 Å². The van der Waals surface area contributed by atoms with Crippen LogP contribution in [0.5, 0.6) is 0 Å². The van der Waals surface area contributed by atoms with Crippen LogP contribution in [0.3, 0.4) is 0 Å². The highest BCUT2D eigenvalue weighted by Crippen LogP contribution is 2.28. The second kappa shape index (κ2) is 6.03. The zero-order valence-electron chi connectivity index (χ0n) is 11.3. The molecule has 0 spiro atoms. The molecule has 0 bridgehead atoms. The van der Waals surface area contributed by atoms with Crippen molar-refractivity contribution < 1.29 is 9.21 Å². The van der Waals surface area contributed by atoms with Gasteiger partial charge in [-0.05, 0) is 26.2 Å². The van der Waals surface area contributed by atoms with Crippen molar-refractivity contribution in [2.24, 2.45) is 0 Å². The Morgan fingerprint density at radius 1 is 1.50 bits per heavy atom. The van der Waals surface area contributed by atoms with Crippen LogP contribution in [0.2, 0.25) is 0 Å². The van der Waals surface area contributed by atoms with Crippen molar-refractivity contribution >= 4 is 11.9 Å². The number of hydrogen-bond acceptors (Lipinski definition) is 3. The Morgan fingerprint density at radius 2 is 2.22 bits per heavy atom. The maximum absolute atomic E-state index is 12.3. The number of rotatable bonds is 5. The summed E-state index contributed by atoms with van der Waals surface area (Å²) < 4.78 is 5.43. The van der Waals surface area contributed by atoms with Crippen molar-refractivity contribution in [2.75, 3.05) is 4.90 Å². The van der Waals surface area contributed by atoms with E-state index in [4.69, 9.17) is 4.42 Å². The van der Waals surface area contributed by atoms with Crippen LogP contribution < -0.4 is 4.90 Å². The molecule has 1 aromatic rings. The van der Waals surface area contributed by atoms with E-state index in [0.717, 1.165) is 31.4 Å². The lowest BCUT2D eigenvalue weighted by atomic mass is 10.1. The molecule has 0 radical (unpaired) electrons. The molecule has 2 rings (SSSR count). The van der Waals surface area contributed by atoms with Crippen molar-refractivity contribution in [3.05, 3.63) is 12.0 Å². The number of carbonyl (C=O) groups excluding carboxylic acids is 1. The average molecular weight is 250 g/mol. The third kappa shape index (κ3) is 2.92. The van der Waals surface area contributed by atoms with Crippen LogP contribution in [0, 0.1) is 6.92 Å². The number of carbonyl (C=O) groups is 1. The van der Waals surface area contributed by atoms with Gasteiger partial charge in [0.15, 0.2) is 0 Å². The molecule has 1 fully saturated rings. The lowest BCUT2D eigenvalue weighted by Crippen LogP contribution is -2.39. The predicted molar refractivity (Wildman–Crippen MR) is 70.5 cm³/mol. The highest BCUT2D eigenvalue weighted by Gasteiger charge is 2.30. The summed E-state index contributed by atoms with van der Waals surface area (Å²) in [6.45, 7) is 3.98. The van der Waals surface area contributed by atoms with Crippen molar-refractivity contribution in [2.45, 2.75) is 64.8 Å². The molecule has 4 heteroatoms. The Morgan fingerprint density at radius 3 is 2.78 bits per heavy atom. The Balaban J connectivity index is 2.14. The molecule has 0 saturated heterocycles. The summed E-state index contributed by atoms with van der Waals surface area (Å²) in [5.41, 5.74) is 0.830. The van der Waals surface area contributed by atoms with E-state index in [2.05, 4.69) is 11.9 Å². The zero-order valence-corrected chi connectivity index (χ0v) is 11.3. The first-order valence-electron chi connectivity index (χ1n) is 6.96. The van der Waals surface area contributed by atoms with Gasteiger partial charge in [0.2, 0.25) is 5.91 Å². The quantitative estimate of drug-likeness (QED) is 0.804. The minimum absolute atomic E-state index is 0.158. The maximum atomic E-state index is 12.3. The Bertz CT molecular complexity index is 394.